The third-order valence-corrected chi connectivity index (χ3v) is 20.7. The Morgan fingerprint density at radius 2 is 0.667 bits per heavy atom. The molecule has 494 valence electrons. The van der Waals surface area contributed by atoms with Crippen LogP contribution in [0.15, 0.2) is 329 Å². The summed E-state index contributed by atoms with van der Waals surface area (Å²) in [6.07, 6.45) is 3.63. The van der Waals surface area contributed by atoms with E-state index in [4.69, 9.17) is 18.9 Å². The Morgan fingerprint density at radius 1 is 0.324 bits per heavy atom. The van der Waals surface area contributed by atoms with E-state index < -0.39 is 10.8 Å². The fourth-order valence-corrected chi connectivity index (χ4v) is 15.5. The number of anilines is 3. The molecule has 14 aromatic carbocycles. The van der Waals surface area contributed by atoms with Crippen LogP contribution in [0.4, 0.5) is 25.8 Å². The molecule has 0 N–H and O–H groups in total. The molecule has 5 nitrogen and oxygen atoms in total. The van der Waals surface area contributed by atoms with E-state index >= 15 is 8.78 Å². The summed E-state index contributed by atoms with van der Waals surface area (Å²) in [6.45, 7) is 11.4. The summed E-state index contributed by atoms with van der Waals surface area (Å²) in [4.78, 5) is 2.14. The second kappa shape index (κ2) is 26.6. The Hall–Kier alpha value is -12.6. The van der Waals surface area contributed by atoms with Crippen LogP contribution in [-0.4, -0.2) is 14.2 Å². The van der Waals surface area contributed by atoms with Crippen LogP contribution in [0, 0.1) is 25.5 Å². The zero-order valence-corrected chi connectivity index (χ0v) is 57.0. The highest BCUT2D eigenvalue weighted by atomic mass is 19.1. The number of halogens is 2. The average molecular weight is 1330 g/mol. The van der Waals surface area contributed by atoms with Gasteiger partial charge in [-0.2, -0.15) is 0 Å². The molecule has 2 aliphatic carbocycles. The van der Waals surface area contributed by atoms with E-state index in [9.17, 15) is 0 Å². The lowest BCUT2D eigenvalue weighted by atomic mass is 9.67. The van der Waals surface area contributed by atoms with E-state index in [1.807, 2.05) is 127 Å². The monoisotopic (exact) mass is 1330 g/mol. The Bertz CT molecular complexity index is 5130. The Labute approximate surface area is 594 Å². The summed E-state index contributed by atoms with van der Waals surface area (Å²) in [7, 11) is 3.38. The first-order valence-corrected chi connectivity index (χ1v) is 34.3. The van der Waals surface area contributed by atoms with Gasteiger partial charge >= 0.3 is 0 Å². The lowest BCUT2D eigenvalue weighted by molar-refractivity contribution is 0.414. The van der Waals surface area contributed by atoms with Crippen molar-refractivity contribution in [3.63, 3.8) is 0 Å². The topological polar surface area (TPSA) is 40.2 Å². The summed E-state index contributed by atoms with van der Waals surface area (Å²) in [5.74, 6) is 3.46. The third kappa shape index (κ3) is 11.2. The lowest BCUT2D eigenvalue weighted by Crippen LogP contribution is -2.28. The number of nitrogens with zero attached hydrogens (tertiary/aromatic N) is 1. The maximum absolute atomic E-state index is 16.2. The second-order valence-electron chi connectivity index (χ2n) is 26.3. The molecular weight excluding hydrogens is 1260 g/mol. The Balaban J connectivity index is 0.777. The SMILES string of the molecule is C=Cc1ccc(Oc2ccc(C3(c4ccc(OC)cc4)c4ccccc4-c4ccc(C(c5ccc(-c6ccc(N(c7ccc(C)c(F)c7)c7ccc8c(c7)C(c7ccc(OC)cc7)(c7ccc(Oc9ccc(C=C)cc9)cc7)c7ccccc7-8)cc6)cc5)c5ccc(C)c(F)c5)cc43)cc2)cc1. The van der Waals surface area contributed by atoms with E-state index in [-0.39, 0.29) is 17.6 Å². The fraction of sp³-hybridized carbons (Fsp3) is 0.0737. The van der Waals surface area contributed by atoms with E-state index in [2.05, 4.69) is 206 Å². The van der Waals surface area contributed by atoms with Crippen LogP contribution >= 0.6 is 0 Å². The number of hydrogen-bond acceptors (Lipinski definition) is 5. The maximum Gasteiger partial charge on any atom is 0.128 e. The first kappa shape index (κ1) is 64.1. The van der Waals surface area contributed by atoms with Crippen molar-refractivity contribution in [2.24, 2.45) is 0 Å². The van der Waals surface area contributed by atoms with Crippen LogP contribution in [0.3, 0.4) is 0 Å². The predicted molar refractivity (Wildman–Crippen MR) is 411 cm³/mol. The molecule has 16 rings (SSSR count). The summed E-state index contributed by atoms with van der Waals surface area (Å²) in [5.41, 5.74) is 22.0. The van der Waals surface area contributed by atoms with Crippen molar-refractivity contribution in [1.29, 1.82) is 0 Å². The van der Waals surface area contributed by atoms with Gasteiger partial charge in [0, 0.05) is 23.0 Å². The molecule has 0 saturated heterocycles. The molecule has 3 unspecified atom stereocenters. The third-order valence-electron chi connectivity index (χ3n) is 20.7. The number of ether oxygens (including phenoxy) is 4. The van der Waals surface area contributed by atoms with Crippen molar-refractivity contribution in [2.75, 3.05) is 19.1 Å². The van der Waals surface area contributed by atoms with Crippen molar-refractivity contribution < 1.29 is 27.7 Å². The van der Waals surface area contributed by atoms with Crippen molar-refractivity contribution in [3.05, 3.63) is 424 Å². The standard InChI is InChI=1S/C95H71F2NO4/c1-7-63-19-43-79(44-20-63)101-81-51-35-72(36-52-81)94(70-31-47-77(99-5)48-32-70)87-15-11-9-13-83(87)85-55-30-68(57-89(85)94)93(69-23-17-61(3)91(96)58-69)67-26-24-65(25-27-67)66-28-40-74(41-29-66)98(76-39-18-62(4)92(97)60-76)75-42-56-86-84-14-10-12-16-88(84)95(90(86)59-75,71-33-49-78(100-6)50-34-71)73-37-53-82(54-38-73)102-80-45-21-64(8-2)22-46-80/h7-60,93H,1-2H2,3-6H3. The van der Waals surface area contributed by atoms with E-state index in [1.165, 1.54) is 0 Å². The van der Waals surface area contributed by atoms with Crippen LogP contribution in [0.1, 0.15) is 89.4 Å². The van der Waals surface area contributed by atoms with Gasteiger partial charge in [-0.1, -0.05) is 226 Å². The van der Waals surface area contributed by atoms with Gasteiger partial charge in [0.2, 0.25) is 0 Å². The molecule has 2 aliphatic rings. The molecule has 14 aromatic rings. The highest BCUT2D eigenvalue weighted by Crippen LogP contribution is 2.60. The number of benzene rings is 14. The molecule has 102 heavy (non-hydrogen) atoms. The highest BCUT2D eigenvalue weighted by Gasteiger charge is 2.48. The van der Waals surface area contributed by atoms with Gasteiger partial charge in [-0.25, -0.2) is 8.78 Å². The number of rotatable bonds is 19. The van der Waals surface area contributed by atoms with Gasteiger partial charge in [0.1, 0.15) is 46.1 Å². The summed E-state index contributed by atoms with van der Waals surface area (Å²) in [6, 6.07) is 108. The molecule has 0 bridgehead atoms. The van der Waals surface area contributed by atoms with Gasteiger partial charge in [-0.15, -0.1) is 0 Å². The first-order valence-electron chi connectivity index (χ1n) is 34.3. The average Bonchev–Trinajstić information content (AvgIpc) is 1.54. The molecule has 0 saturated carbocycles. The van der Waals surface area contributed by atoms with Gasteiger partial charge in [0.15, 0.2) is 0 Å². The smallest absolute Gasteiger partial charge is 0.128 e. The minimum atomic E-state index is -0.803. The molecule has 3 atom stereocenters. The minimum Gasteiger partial charge on any atom is -0.497 e. The van der Waals surface area contributed by atoms with Crippen LogP contribution in [0.2, 0.25) is 0 Å². The highest BCUT2D eigenvalue weighted by molar-refractivity contribution is 5.91. The van der Waals surface area contributed by atoms with Crippen molar-refractivity contribution in [2.45, 2.75) is 30.6 Å². The summed E-state index contributed by atoms with van der Waals surface area (Å²) < 4.78 is 56.7. The molecule has 0 heterocycles. The molecule has 0 aromatic heterocycles. The van der Waals surface area contributed by atoms with Gasteiger partial charge in [0.05, 0.1) is 25.0 Å². The van der Waals surface area contributed by atoms with Gasteiger partial charge in [0.25, 0.3) is 0 Å². The second-order valence-corrected chi connectivity index (χ2v) is 26.3. The quantitative estimate of drug-likeness (QED) is 0.0755. The number of hydrogen-bond donors (Lipinski definition) is 0. The zero-order valence-electron chi connectivity index (χ0n) is 57.0. The fourth-order valence-electron chi connectivity index (χ4n) is 15.5. The zero-order chi connectivity index (χ0) is 69.6. The van der Waals surface area contributed by atoms with Crippen molar-refractivity contribution in [1.82, 2.24) is 0 Å². The molecular formula is C95H71F2NO4. The van der Waals surface area contributed by atoms with E-state index in [0.29, 0.717) is 28.3 Å². The molecule has 0 amide bonds. The van der Waals surface area contributed by atoms with Gasteiger partial charge in [-0.3, -0.25) is 0 Å². The Morgan fingerprint density at radius 3 is 1.12 bits per heavy atom. The largest absolute Gasteiger partial charge is 0.497 e. The van der Waals surface area contributed by atoms with Gasteiger partial charge in [-0.05, 0) is 246 Å². The molecule has 0 aliphatic heterocycles. The predicted octanol–water partition coefficient (Wildman–Crippen LogP) is 24.5. The van der Waals surface area contributed by atoms with Gasteiger partial charge < -0.3 is 23.8 Å². The van der Waals surface area contributed by atoms with Crippen LogP contribution in [0.25, 0.3) is 45.5 Å². The first-order chi connectivity index (χ1) is 49.9. The summed E-state index contributed by atoms with van der Waals surface area (Å²) >= 11 is 0. The van der Waals surface area contributed by atoms with Crippen LogP contribution in [0.5, 0.6) is 34.5 Å². The van der Waals surface area contributed by atoms with Crippen molar-refractivity contribution in [3.8, 4) is 67.9 Å². The maximum atomic E-state index is 16.2. The summed E-state index contributed by atoms with van der Waals surface area (Å²) in [5, 5.41) is 0. The number of fused-ring (bicyclic) bond motifs is 6. The Kier molecular flexibility index (Phi) is 16.7. The number of methoxy groups -OCH3 is 2. The molecule has 0 fully saturated rings. The van der Waals surface area contributed by atoms with E-state index in [1.54, 1.807) is 40.2 Å². The molecule has 0 radical (unpaired) electrons. The molecule has 0 spiro atoms. The molecule has 7 heteroatoms. The van der Waals surface area contributed by atoms with Crippen LogP contribution in [-0.2, 0) is 10.8 Å². The lowest BCUT2D eigenvalue weighted by Gasteiger charge is -2.35. The number of aryl methyl sites for hydroxylation is 2. The van der Waals surface area contributed by atoms with Crippen LogP contribution < -0.4 is 23.8 Å². The van der Waals surface area contributed by atoms with Crippen molar-refractivity contribution >= 4 is 29.2 Å². The normalized spacial score (nSPS) is 14.9. The minimum absolute atomic E-state index is 0.263. The van der Waals surface area contributed by atoms with E-state index in [0.717, 1.165) is 140 Å².